The predicted octanol–water partition coefficient (Wildman–Crippen LogP) is 3.55. The Hall–Kier alpha value is -1.68. The molecule has 110 valence electrons. The van der Waals surface area contributed by atoms with Gasteiger partial charge in [-0.25, -0.2) is 0 Å². The molecular formula is C15H21ClN2O2. The third kappa shape index (κ3) is 3.45. The average molecular weight is 297 g/mol. The topological polar surface area (TPSA) is 47.2 Å². The van der Waals surface area contributed by atoms with Gasteiger partial charge in [-0.3, -0.25) is 5.41 Å². The molecule has 2 aromatic rings. The molecule has 0 aliphatic carbocycles. The van der Waals surface area contributed by atoms with Crippen molar-refractivity contribution in [1.29, 1.82) is 5.41 Å². The second-order valence-corrected chi connectivity index (χ2v) is 4.91. The molecule has 0 fully saturated rings. The molecule has 1 N–H and O–H groups in total. The number of ether oxygens (including phenoxy) is 2. The Morgan fingerprint density at radius 3 is 2.65 bits per heavy atom. The fourth-order valence-corrected chi connectivity index (χ4v) is 2.21. The summed E-state index contributed by atoms with van der Waals surface area (Å²) in [4.78, 5) is 0. The van der Waals surface area contributed by atoms with Gasteiger partial charge in [0.1, 0.15) is 5.75 Å². The fourth-order valence-electron chi connectivity index (χ4n) is 2.21. The van der Waals surface area contributed by atoms with Crippen molar-refractivity contribution in [2.45, 2.75) is 26.4 Å². The molecule has 0 bridgehead atoms. The van der Waals surface area contributed by atoms with Crippen LogP contribution in [0.3, 0.4) is 0 Å². The van der Waals surface area contributed by atoms with E-state index in [2.05, 4.69) is 4.57 Å². The number of hydrogen-bond acceptors (Lipinski definition) is 3. The van der Waals surface area contributed by atoms with Gasteiger partial charge in [0.2, 0.25) is 0 Å². The summed E-state index contributed by atoms with van der Waals surface area (Å²) in [6.45, 7) is 3.87. The Morgan fingerprint density at radius 2 is 2.05 bits per heavy atom. The molecule has 0 aliphatic rings. The standard InChI is InChI=1S/C15H20N2O2.ClH/c1-10(2)19-15(16)7-11-9-17(3)14-8-12(18-4)5-6-13(11)14;/h5-6,8-10,16H,7H2,1-4H3;1H. The van der Waals surface area contributed by atoms with Crippen LogP contribution in [-0.4, -0.2) is 23.7 Å². The molecule has 1 aromatic carbocycles. The maximum atomic E-state index is 7.86. The van der Waals surface area contributed by atoms with E-state index in [0.29, 0.717) is 12.3 Å². The van der Waals surface area contributed by atoms with Gasteiger partial charge in [-0.05, 0) is 31.5 Å². The summed E-state index contributed by atoms with van der Waals surface area (Å²) in [6, 6.07) is 5.98. The van der Waals surface area contributed by atoms with Gasteiger partial charge in [0.15, 0.2) is 5.90 Å². The summed E-state index contributed by atoms with van der Waals surface area (Å²) < 4.78 is 12.7. The molecule has 0 spiro atoms. The maximum absolute atomic E-state index is 7.86. The monoisotopic (exact) mass is 296 g/mol. The van der Waals surface area contributed by atoms with E-state index in [1.807, 2.05) is 45.3 Å². The molecule has 5 heteroatoms. The van der Waals surface area contributed by atoms with Gasteiger partial charge in [0.05, 0.1) is 25.2 Å². The molecule has 1 aromatic heterocycles. The molecule has 0 amide bonds. The van der Waals surface area contributed by atoms with Crippen molar-refractivity contribution in [1.82, 2.24) is 4.57 Å². The number of aromatic nitrogens is 1. The first-order valence-electron chi connectivity index (χ1n) is 6.37. The summed E-state index contributed by atoms with van der Waals surface area (Å²) >= 11 is 0. The summed E-state index contributed by atoms with van der Waals surface area (Å²) in [7, 11) is 3.66. The van der Waals surface area contributed by atoms with Crippen LogP contribution in [0, 0.1) is 5.41 Å². The van der Waals surface area contributed by atoms with Crippen LogP contribution >= 0.6 is 12.4 Å². The molecule has 20 heavy (non-hydrogen) atoms. The van der Waals surface area contributed by atoms with E-state index in [1.54, 1.807) is 7.11 Å². The fraction of sp³-hybridized carbons (Fsp3) is 0.400. The van der Waals surface area contributed by atoms with Crippen LogP contribution < -0.4 is 4.74 Å². The van der Waals surface area contributed by atoms with Crippen LogP contribution in [0.2, 0.25) is 0 Å². The van der Waals surface area contributed by atoms with E-state index in [1.165, 1.54) is 0 Å². The van der Waals surface area contributed by atoms with E-state index < -0.39 is 0 Å². The zero-order valence-corrected chi connectivity index (χ0v) is 13.1. The number of aryl methyl sites for hydroxylation is 1. The Balaban J connectivity index is 0.00000200. The lowest BCUT2D eigenvalue weighted by molar-refractivity contribution is 0.221. The van der Waals surface area contributed by atoms with Crippen molar-refractivity contribution in [3.8, 4) is 5.75 Å². The van der Waals surface area contributed by atoms with E-state index in [4.69, 9.17) is 14.9 Å². The lowest BCUT2D eigenvalue weighted by Crippen LogP contribution is -2.12. The van der Waals surface area contributed by atoms with Crippen molar-refractivity contribution in [3.05, 3.63) is 30.0 Å². The zero-order valence-electron chi connectivity index (χ0n) is 12.3. The predicted molar refractivity (Wildman–Crippen MR) is 84.4 cm³/mol. The second-order valence-electron chi connectivity index (χ2n) is 4.91. The highest BCUT2D eigenvalue weighted by Gasteiger charge is 2.11. The molecule has 1 heterocycles. The highest BCUT2D eigenvalue weighted by Crippen LogP contribution is 2.25. The van der Waals surface area contributed by atoms with Crippen molar-refractivity contribution in [2.24, 2.45) is 7.05 Å². The Bertz CT molecular complexity index is 605. The van der Waals surface area contributed by atoms with Gasteiger partial charge in [0.25, 0.3) is 0 Å². The minimum atomic E-state index is 0. The van der Waals surface area contributed by atoms with Crippen LogP contribution in [0.4, 0.5) is 0 Å². The van der Waals surface area contributed by atoms with Gasteiger partial charge in [-0.1, -0.05) is 0 Å². The van der Waals surface area contributed by atoms with Crippen molar-refractivity contribution in [3.63, 3.8) is 0 Å². The summed E-state index contributed by atoms with van der Waals surface area (Å²) in [5.41, 5.74) is 2.21. The first-order valence-corrected chi connectivity index (χ1v) is 6.37. The lowest BCUT2D eigenvalue weighted by atomic mass is 10.1. The smallest absolute Gasteiger partial charge is 0.185 e. The van der Waals surface area contributed by atoms with Gasteiger partial charge in [-0.2, -0.15) is 0 Å². The van der Waals surface area contributed by atoms with Crippen LogP contribution in [-0.2, 0) is 18.2 Å². The quantitative estimate of drug-likeness (QED) is 0.693. The molecule has 0 radical (unpaired) electrons. The first-order chi connectivity index (χ1) is 9.01. The number of fused-ring (bicyclic) bond motifs is 1. The number of benzene rings is 1. The third-order valence-electron chi connectivity index (χ3n) is 3.01. The third-order valence-corrected chi connectivity index (χ3v) is 3.01. The van der Waals surface area contributed by atoms with Gasteiger partial charge < -0.3 is 14.0 Å². The van der Waals surface area contributed by atoms with Crippen LogP contribution in [0.1, 0.15) is 19.4 Å². The summed E-state index contributed by atoms with van der Waals surface area (Å²) in [5.74, 6) is 1.15. The number of rotatable bonds is 4. The molecule has 0 saturated heterocycles. The van der Waals surface area contributed by atoms with E-state index in [-0.39, 0.29) is 18.5 Å². The Morgan fingerprint density at radius 1 is 1.35 bits per heavy atom. The molecule has 0 saturated carbocycles. The minimum absolute atomic E-state index is 0. The molecule has 0 aliphatic heterocycles. The molecule has 2 rings (SSSR count). The summed E-state index contributed by atoms with van der Waals surface area (Å²) in [6.07, 6.45) is 2.60. The number of methoxy groups -OCH3 is 1. The maximum Gasteiger partial charge on any atom is 0.185 e. The Labute approximate surface area is 125 Å². The lowest BCUT2D eigenvalue weighted by Gasteiger charge is -2.09. The van der Waals surface area contributed by atoms with Gasteiger partial charge in [-0.15, -0.1) is 12.4 Å². The van der Waals surface area contributed by atoms with Crippen LogP contribution in [0.15, 0.2) is 24.4 Å². The van der Waals surface area contributed by atoms with E-state index in [0.717, 1.165) is 22.2 Å². The van der Waals surface area contributed by atoms with Crippen LogP contribution in [0.25, 0.3) is 10.9 Å². The number of hydrogen-bond donors (Lipinski definition) is 1. The summed E-state index contributed by atoms with van der Waals surface area (Å²) in [5, 5.41) is 9.00. The van der Waals surface area contributed by atoms with Crippen molar-refractivity contribution >= 4 is 29.2 Å². The van der Waals surface area contributed by atoms with Crippen molar-refractivity contribution < 1.29 is 9.47 Å². The average Bonchev–Trinajstić information content (AvgIpc) is 2.64. The zero-order chi connectivity index (χ0) is 14.0. The van der Waals surface area contributed by atoms with Crippen LogP contribution in [0.5, 0.6) is 5.75 Å². The first kappa shape index (κ1) is 16.4. The number of halogens is 1. The normalized spacial score (nSPS) is 10.4. The number of nitrogens with one attached hydrogen (secondary N) is 1. The van der Waals surface area contributed by atoms with Gasteiger partial charge in [0, 0.05) is 24.7 Å². The largest absolute Gasteiger partial charge is 0.497 e. The highest BCUT2D eigenvalue weighted by molar-refractivity contribution is 5.89. The molecule has 0 atom stereocenters. The molecule has 4 nitrogen and oxygen atoms in total. The van der Waals surface area contributed by atoms with Gasteiger partial charge >= 0.3 is 0 Å². The minimum Gasteiger partial charge on any atom is -0.497 e. The molecule has 0 unspecified atom stereocenters. The number of nitrogens with zero attached hydrogens (tertiary/aromatic N) is 1. The van der Waals surface area contributed by atoms with E-state index >= 15 is 0 Å². The highest BCUT2D eigenvalue weighted by atomic mass is 35.5. The second kappa shape index (κ2) is 6.66. The Kier molecular flexibility index (Phi) is 5.45. The molecular weight excluding hydrogens is 276 g/mol. The van der Waals surface area contributed by atoms with Crippen molar-refractivity contribution in [2.75, 3.05) is 7.11 Å². The SMILES string of the molecule is COc1ccc2c(CC(=N)OC(C)C)cn(C)c2c1.Cl. The van der Waals surface area contributed by atoms with E-state index in [9.17, 15) is 0 Å².